The Bertz CT molecular complexity index is 469. The van der Waals surface area contributed by atoms with Crippen molar-refractivity contribution in [3.8, 4) is 11.3 Å². The minimum absolute atomic E-state index is 0.708. The van der Waals surface area contributed by atoms with Crippen molar-refractivity contribution < 1.29 is 0 Å². The van der Waals surface area contributed by atoms with Crippen molar-refractivity contribution in [3.63, 3.8) is 0 Å². The topological polar surface area (TPSA) is 25.8 Å². The number of nitrogens with zero attached hydrogens (tertiary/aromatic N) is 2. The molecule has 3 heteroatoms. The molecule has 0 bridgehead atoms. The first-order valence-corrected chi connectivity index (χ1v) is 5.25. The molecule has 15 heavy (non-hydrogen) atoms. The lowest BCUT2D eigenvalue weighted by molar-refractivity contribution is 1.00. The summed E-state index contributed by atoms with van der Waals surface area (Å²) in [5, 5.41) is 0.708. The van der Waals surface area contributed by atoms with Crippen molar-refractivity contribution in [1.82, 2.24) is 9.97 Å². The van der Waals surface area contributed by atoms with Crippen LogP contribution in [0.4, 0.5) is 0 Å². The first-order chi connectivity index (χ1) is 7.31. The Morgan fingerprint density at radius 1 is 1.20 bits per heavy atom. The summed E-state index contributed by atoms with van der Waals surface area (Å²) in [5.74, 6) is 0. The molecular weight excluding hydrogens is 208 g/mol. The second-order valence-electron chi connectivity index (χ2n) is 3.23. The first-order valence-electron chi connectivity index (χ1n) is 4.87. The molecule has 0 amide bonds. The molecular formula is C12H11ClN2. The zero-order chi connectivity index (χ0) is 10.7. The molecule has 76 valence electrons. The number of hydrogen-bond donors (Lipinski definition) is 0. The molecule has 0 aliphatic rings. The molecule has 2 nitrogen and oxygen atoms in total. The van der Waals surface area contributed by atoms with Gasteiger partial charge in [-0.25, -0.2) is 4.98 Å². The maximum absolute atomic E-state index is 6.09. The quantitative estimate of drug-likeness (QED) is 0.773. The van der Waals surface area contributed by atoms with E-state index in [1.165, 1.54) is 0 Å². The van der Waals surface area contributed by atoms with Gasteiger partial charge in [0.2, 0.25) is 0 Å². The molecule has 0 saturated carbocycles. The van der Waals surface area contributed by atoms with Gasteiger partial charge in [-0.2, -0.15) is 0 Å². The number of rotatable bonds is 2. The molecule has 0 spiro atoms. The highest BCUT2D eigenvalue weighted by Gasteiger charge is 2.04. The highest BCUT2D eigenvalue weighted by Crippen LogP contribution is 2.25. The van der Waals surface area contributed by atoms with Gasteiger partial charge in [-0.05, 0) is 12.5 Å². The van der Waals surface area contributed by atoms with Gasteiger partial charge in [0.15, 0.2) is 0 Å². The van der Waals surface area contributed by atoms with Gasteiger partial charge in [-0.1, -0.05) is 36.7 Å². The van der Waals surface area contributed by atoms with E-state index < -0.39 is 0 Å². The van der Waals surface area contributed by atoms with Gasteiger partial charge in [-0.15, -0.1) is 0 Å². The van der Waals surface area contributed by atoms with Gasteiger partial charge >= 0.3 is 0 Å². The van der Waals surface area contributed by atoms with E-state index in [9.17, 15) is 0 Å². The third kappa shape index (κ3) is 2.16. The summed E-state index contributed by atoms with van der Waals surface area (Å²) in [4.78, 5) is 8.63. The van der Waals surface area contributed by atoms with Crippen molar-refractivity contribution >= 4 is 11.6 Å². The summed E-state index contributed by atoms with van der Waals surface area (Å²) in [6.07, 6.45) is 4.39. The van der Waals surface area contributed by atoms with Crippen LogP contribution in [0.5, 0.6) is 0 Å². The summed E-state index contributed by atoms with van der Waals surface area (Å²) in [7, 11) is 0. The molecule has 0 aliphatic carbocycles. The average molecular weight is 219 g/mol. The van der Waals surface area contributed by atoms with Crippen molar-refractivity contribution in [1.29, 1.82) is 0 Å². The fraction of sp³-hybridized carbons (Fsp3) is 0.167. The zero-order valence-corrected chi connectivity index (χ0v) is 9.20. The van der Waals surface area contributed by atoms with Crippen molar-refractivity contribution in [3.05, 3.63) is 47.4 Å². The van der Waals surface area contributed by atoms with Gasteiger partial charge in [-0.3, -0.25) is 4.98 Å². The van der Waals surface area contributed by atoms with E-state index >= 15 is 0 Å². The Kier molecular flexibility index (Phi) is 2.97. The third-order valence-electron chi connectivity index (χ3n) is 2.20. The van der Waals surface area contributed by atoms with Crippen LogP contribution in [-0.4, -0.2) is 9.97 Å². The van der Waals surface area contributed by atoms with Crippen LogP contribution < -0.4 is 0 Å². The van der Waals surface area contributed by atoms with Crippen LogP contribution in [0.2, 0.25) is 5.02 Å². The molecule has 0 atom stereocenters. The highest BCUT2D eigenvalue weighted by molar-refractivity contribution is 6.33. The van der Waals surface area contributed by atoms with Gasteiger partial charge in [0.1, 0.15) is 0 Å². The van der Waals surface area contributed by atoms with Crippen molar-refractivity contribution in [2.75, 3.05) is 0 Å². The van der Waals surface area contributed by atoms with Crippen LogP contribution in [0.15, 0.2) is 36.7 Å². The summed E-state index contributed by atoms with van der Waals surface area (Å²) >= 11 is 6.09. The zero-order valence-electron chi connectivity index (χ0n) is 8.44. The van der Waals surface area contributed by atoms with Crippen LogP contribution >= 0.6 is 11.6 Å². The van der Waals surface area contributed by atoms with Crippen LogP contribution in [0.25, 0.3) is 11.3 Å². The minimum atomic E-state index is 0.708. The smallest absolute Gasteiger partial charge is 0.0903 e. The molecule has 0 aliphatic heterocycles. The Balaban J connectivity index is 2.49. The molecule has 2 aromatic rings. The Morgan fingerprint density at radius 2 is 2.00 bits per heavy atom. The predicted molar refractivity (Wildman–Crippen MR) is 61.9 cm³/mol. The largest absolute Gasteiger partial charge is 0.261 e. The average Bonchev–Trinajstić information content (AvgIpc) is 2.30. The number of hydrogen-bond acceptors (Lipinski definition) is 2. The van der Waals surface area contributed by atoms with Crippen LogP contribution in [0.3, 0.4) is 0 Å². The summed E-state index contributed by atoms with van der Waals surface area (Å²) in [5.41, 5.74) is 2.74. The number of aromatic nitrogens is 2. The van der Waals surface area contributed by atoms with Gasteiger partial charge < -0.3 is 0 Å². The third-order valence-corrected chi connectivity index (χ3v) is 2.53. The standard InChI is InChI=1S/C12H11ClN2/c1-2-9-7-14-8-12(15-9)10-5-3-4-6-11(10)13/h3-8H,2H2,1H3. The monoisotopic (exact) mass is 218 g/mol. The number of benzene rings is 1. The summed E-state index contributed by atoms with van der Waals surface area (Å²) < 4.78 is 0. The molecule has 0 N–H and O–H groups in total. The minimum Gasteiger partial charge on any atom is -0.261 e. The van der Waals surface area contributed by atoms with E-state index in [-0.39, 0.29) is 0 Å². The molecule has 0 saturated heterocycles. The van der Waals surface area contributed by atoms with Gasteiger partial charge in [0, 0.05) is 11.8 Å². The van der Waals surface area contributed by atoms with Crippen molar-refractivity contribution in [2.45, 2.75) is 13.3 Å². The number of halogens is 1. The predicted octanol–water partition coefficient (Wildman–Crippen LogP) is 3.36. The number of aryl methyl sites for hydroxylation is 1. The Hall–Kier alpha value is -1.41. The Morgan fingerprint density at radius 3 is 2.73 bits per heavy atom. The fourth-order valence-corrected chi connectivity index (χ4v) is 1.61. The normalized spacial score (nSPS) is 10.3. The maximum Gasteiger partial charge on any atom is 0.0903 e. The van der Waals surface area contributed by atoms with E-state index in [0.717, 1.165) is 23.4 Å². The molecule has 2 rings (SSSR count). The van der Waals surface area contributed by atoms with E-state index in [1.54, 1.807) is 12.4 Å². The lowest BCUT2D eigenvalue weighted by Gasteiger charge is -2.03. The fourth-order valence-electron chi connectivity index (χ4n) is 1.38. The van der Waals surface area contributed by atoms with Crippen LogP contribution in [0.1, 0.15) is 12.6 Å². The molecule has 1 aromatic carbocycles. The van der Waals surface area contributed by atoms with E-state index in [2.05, 4.69) is 16.9 Å². The van der Waals surface area contributed by atoms with E-state index in [1.807, 2.05) is 24.3 Å². The molecule has 1 heterocycles. The van der Waals surface area contributed by atoms with Crippen molar-refractivity contribution in [2.24, 2.45) is 0 Å². The first kappa shape index (κ1) is 10.1. The highest BCUT2D eigenvalue weighted by atomic mass is 35.5. The van der Waals surface area contributed by atoms with Gasteiger partial charge in [0.05, 0.1) is 22.6 Å². The van der Waals surface area contributed by atoms with E-state index in [0.29, 0.717) is 5.02 Å². The molecule has 0 fully saturated rings. The molecule has 1 aromatic heterocycles. The Labute approximate surface area is 94.0 Å². The lowest BCUT2D eigenvalue weighted by Crippen LogP contribution is -1.92. The van der Waals surface area contributed by atoms with Crippen LogP contribution in [-0.2, 0) is 6.42 Å². The molecule has 0 unspecified atom stereocenters. The van der Waals surface area contributed by atoms with E-state index in [4.69, 9.17) is 11.6 Å². The molecule has 0 radical (unpaired) electrons. The van der Waals surface area contributed by atoms with Gasteiger partial charge in [0.25, 0.3) is 0 Å². The summed E-state index contributed by atoms with van der Waals surface area (Å²) in [6.45, 7) is 2.06. The second kappa shape index (κ2) is 4.41. The second-order valence-corrected chi connectivity index (χ2v) is 3.64. The lowest BCUT2D eigenvalue weighted by atomic mass is 10.1. The maximum atomic E-state index is 6.09. The summed E-state index contributed by atoms with van der Waals surface area (Å²) in [6, 6.07) is 7.66. The SMILES string of the molecule is CCc1cncc(-c2ccccc2Cl)n1. The van der Waals surface area contributed by atoms with Crippen LogP contribution in [0, 0.1) is 0 Å².